The van der Waals surface area contributed by atoms with Gasteiger partial charge in [-0.3, -0.25) is 14.6 Å². The van der Waals surface area contributed by atoms with Gasteiger partial charge in [0, 0.05) is 18.6 Å². The first-order valence-corrected chi connectivity index (χ1v) is 10.5. The van der Waals surface area contributed by atoms with E-state index in [0.29, 0.717) is 35.3 Å². The van der Waals surface area contributed by atoms with Crippen LogP contribution in [0.3, 0.4) is 0 Å². The highest BCUT2D eigenvalue weighted by atomic mass is 32.2. The fourth-order valence-electron chi connectivity index (χ4n) is 3.32. The van der Waals surface area contributed by atoms with Crippen molar-refractivity contribution in [2.45, 2.75) is 29.3 Å². The van der Waals surface area contributed by atoms with Crippen LogP contribution in [-0.2, 0) is 4.74 Å². The Morgan fingerprint density at radius 3 is 2.30 bits per heavy atom. The van der Waals surface area contributed by atoms with Gasteiger partial charge in [0.1, 0.15) is 23.0 Å². The molecule has 0 spiro atoms. The molecule has 0 N–H and O–H groups in total. The largest absolute Gasteiger partial charge is 0.446 e. The molecule has 5 nitrogen and oxygen atoms in total. The molecule has 3 amide bonds. The van der Waals surface area contributed by atoms with Gasteiger partial charge in [-0.1, -0.05) is 6.07 Å². The summed E-state index contributed by atoms with van der Waals surface area (Å²) in [5, 5.41) is 0. The van der Waals surface area contributed by atoms with E-state index in [2.05, 4.69) is 0 Å². The van der Waals surface area contributed by atoms with Crippen LogP contribution >= 0.6 is 11.8 Å². The second-order valence-electron chi connectivity index (χ2n) is 7.15. The predicted molar refractivity (Wildman–Crippen MR) is 108 cm³/mol. The number of ether oxygens (including phenoxy) is 1. The van der Waals surface area contributed by atoms with Gasteiger partial charge >= 0.3 is 11.5 Å². The van der Waals surface area contributed by atoms with Gasteiger partial charge in [0.05, 0.1) is 18.3 Å². The fraction of sp³-hybridized carbons (Fsp3) is 0.333. The first-order chi connectivity index (χ1) is 15.5. The van der Waals surface area contributed by atoms with E-state index >= 15 is 0 Å². The summed E-state index contributed by atoms with van der Waals surface area (Å²) in [5.41, 5.74) is -6.02. The van der Waals surface area contributed by atoms with Crippen LogP contribution in [0.25, 0.3) is 0 Å². The minimum Gasteiger partial charge on any atom is -0.376 e. The third kappa shape index (κ3) is 5.99. The number of halogens is 6. The Kier molecular flexibility index (Phi) is 7.58. The third-order valence-corrected chi connectivity index (χ3v) is 5.58. The maximum absolute atomic E-state index is 14.5. The Morgan fingerprint density at radius 2 is 1.76 bits per heavy atom. The van der Waals surface area contributed by atoms with Crippen molar-refractivity contribution in [1.82, 2.24) is 4.90 Å². The van der Waals surface area contributed by atoms with Crippen LogP contribution in [-0.4, -0.2) is 48.6 Å². The van der Waals surface area contributed by atoms with E-state index in [9.17, 15) is 35.9 Å². The summed E-state index contributed by atoms with van der Waals surface area (Å²) in [5.74, 6) is -4.82. The lowest BCUT2D eigenvalue weighted by Gasteiger charge is -2.29. The smallest absolute Gasteiger partial charge is 0.376 e. The molecule has 178 valence electrons. The van der Waals surface area contributed by atoms with Crippen LogP contribution in [0.4, 0.5) is 36.8 Å². The topological polar surface area (TPSA) is 49.9 Å². The highest BCUT2D eigenvalue weighted by Crippen LogP contribution is 2.38. The van der Waals surface area contributed by atoms with Gasteiger partial charge in [-0.2, -0.15) is 13.2 Å². The minimum absolute atomic E-state index is 0.348. The number of imide groups is 1. The molecule has 2 aromatic carbocycles. The molecular weight excluding hydrogens is 474 g/mol. The maximum atomic E-state index is 14.5. The molecule has 1 saturated heterocycles. The summed E-state index contributed by atoms with van der Waals surface area (Å²) >= 11 is -0.531. The van der Waals surface area contributed by atoms with Crippen LogP contribution in [0.15, 0.2) is 41.3 Å². The Balaban J connectivity index is 1.91. The monoisotopic (exact) mass is 492 g/mol. The number of rotatable bonds is 5. The average molecular weight is 492 g/mol. The number of anilines is 1. The number of amides is 3. The van der Waals surface area contributed by atoms with E-state index in [0.717, 1.165) is 37.4 Å². The molecule has 12 heteroatoms. The molecule has 0 bridgehead atoms. The zero-order chi connectivity index (χ0) is 24.3. The van der Waals surface area contributed by atoms with Crippen molar-refractivity contribution < 1.29 is 40.7 Å². The number of thioether (sulfide) groups is 1. The number of alkyl halides is 3. The standard InChI is InChI=1S/C21H18F6N2O3S/c1-28(17-8-7-13(10-16(17)24)33-21(25,26)27)20(31)29(11-12-4-3-9-32-12)19(30)18-14(22)5-2-6-15(18)23/h2,5-8,10,12H,3-4,9,11H2,1H3. The normalized spacial score (nSPS) is 16.0. The summed E-state index contributed by atoms with van der Waals surface area (Å²) in [6, 6.07) is 4.13. The lowest BCUT2D eigenvalue weighted by molar-refractivity contribution is -0.0328. The van der Waals surface area contributed by atoms with Crippen molar-refractivity contribution in [3.8, 4) is 0 Å². The van der Waals surface area contributed by atoms with E-state index in [1.807, 2.05) is 0 Å². The van der Waals surface area contributed by atoms with Crippen molar-refractivity contribution in [2.24, 2.45) is 0 Å². The third-order valence-electron chi connectivity index (χ3n) is 4.86. The predicted octanol–water partition coefficient (Wildman–Crippen LogP) is 5.59. The van der Waals surface area contributed by atoms with Gasteiger partial charge in [0.25, 0.3) is 5.91 Å². The molecule has 1 fully saturated rings. The zero-order valence-corrected chi connectivity index (χ0v) is 18.0. The minimum atomic E-state index is -4.63. The number of nitrogens with zero attached hydrogens (tertiary/aromatic N) is 2. The van der Waals surface area contributed by atoms with Crippen molar-refractivity contribution in [1.29, 1.82) is 0 Å². The van der Waals surface area contributed by atoms with Gasteiger partial charge in [-0.05, 0) is 54.9 Å². The second kappa shape index (κ2) is 10.0. The van der Waals surface area contributed by atoms with Crippen LogP contribution in [0.1, 0.15) is 23.2 Å². The fourth-order valence-corrected chi connectivity index (χ4v) is 3.88. The number of hydrogen-bond donors (Lipinski definition) is 0. The Morgan fingerprint density at radius 1 is 1.09 bits per heavy atom. The first kappa shape index (κ1) is 24.9. The molecular formula is C21H18F6N2O3S. The molecule has 3 rings (SSSR count). The van der Waals surface area contributed by atoms with Crippen LogP contribution in [0.2, 0.25) is 0 Å². The molecule has 1 aliphatic rings. The Hall–Kier alpha value is -2.73. The lowest BCUT2D eigenvalue weighted by atomic mass is 10.1. The van der Waals surface area contributed by atoms with Gasteiger partial charge in [-0.25, -0.2) is 18.0 Å². The van der Waals surface area contributed by atoms with Gasteiger partial charge in [-0.15, -0.1) is 0 Å². The summed E-state index contributed by atoms with van der Waals surface area (Å²) in [7, 11) is 1.09. The number of carbonyl (C=O) groups excluding carboxylic acids is 2. The van der Waals surface area contributed by atoms with Crippen LogP contribution in [0, 0.1) is 17.5 Å². The van der Waals surface area contributed by atoms with Crippen molar-refractivity contribution in [2.75, 3.05) is 25.1 Å². The Bertz CT molecular complexity index is 1020. The molecule has 0 saturated carbocycles. The van der Waals surface area contributed by atoms with Crippen molar-refractivity contribution in [3.63, 3.8) is 0 Å². The number of hydrogen-bond acceptors (Lipinski definition) is 4. The molecule has 2 aromatic rings. The van der Waals surface area contributed by atoms with Crippen molar-refractivity contribution in [3.05, 3.63) is 59.4 Å². The second-order valence-corrected chi connectivity index (χ2v) is 8.29. The van der Waals surface area contributed by atoms with E-state index in [1.165, 1.54) is 0 Å². The summed E-state index contributed by atoms with van der Waals surface area (Å²) in [6.07, 6.45) is 0.548. The average Bonchev–Trinajstić information content (AvgIpc) is 3.23. The van der Waals surface area contributed by atoms with Crippen LogP contribution in [0.5, 0.6) is 0 Å². The lowest BCUT2D eigenvalue weighted by Crippen LogP contribution is -2.48. The molecule has 1 unspecified atom stereocenters. The Labute approximate surface area is 189 Å². The molecule has 1 atom stereocenters. The molecule has 0 radical (unpaired) electrons. The molecule has 33 heavy (non-hydrogen) atoms. The van der Waals surface area contributed by atoms with Gasteiger partial charge < -0.3 is 4.74 Å². The zero-order valence-electron chi connectivity index (χ0n) is 17.2. The van der Waals surface area contributed by atoms with Crippen molar-refractivity contribution >= 4 is 29.4 Å². The van der Waals surface area contributed by atoms with Gasteiger partial charge in [0.15, 0.2) is 0 Å². The van der Waals surface area contributed by atoms with Crippen LogP contribution < -0.4 is 4.90 Å². The summed E-state index contributed by atoms with van der Waals surface area (Å²) in [6.45, 7) is 0.0250. The molecule has 1 aliphatic heterocycles. The van der Waals surface area contributed by atoms with Gasteiger partial charge in [0.2, 0.25) is 0 Å². The summed E-state index contributed by atoms with van der Waals surface area (Å²) < 4.78 is 86.0. The van der Waals surface area contributed by atoms with E-state index in [1.54, 1.807) is 0 Å². The molecule has 0 aromatic heterocycles. The molecule has 1 heterocycles. The van der Waals surface area contributed by atoms with E-state index in [4.69, 9.17) is 4.74 Å². The SMILES string of the molecule is CN(C(=O)N(CC1CCCO1)C(=O)c1c(F)cccc1F)c1ccc(SC(F)(F)F)cc1F. The maximum Gasteiger partial charge on any atom is 0.446 e. The quantitative estimate of drug-likeness (QED) is 0.403. The number of carbonyl (C=O) groups is 2. The van der Waals surface area contributed by atoms with E-state index in [-0.39, 0.29) is 6.54 Å². The highest BCUT2D eigenvalue weighted by Gasteiger charge is 2.34. The highest BCUT2D eigenvalue weighted by molar-refractivity contribution is 8.00. The number of urea groups is 1. The summed E-state index contributed by atoms with van der Waals surface area (Å²) in [4.78, 5) is 26.9. The first-order valence-electron chi connectivity index (χ1n) is 9.68. The molecule has 0 aliphatic carbocycles. The number of benzene rings is 2. The van der Waals surface area contributed by atoms with E-state index < -0.39 is 68.9 Å².